The van der Waals surface area contributed by atoms with Crippen LogP contribution in [0.3, 0.4) is 0 Å². The summed E-state index contributed by atoms with van der Waals surface area (Å²) in [7, 11) is 0. The molecule has 0 N–H and O–H groups in total. The van der Waals surface area contributed by atoms with Crippen molar-refractivity contribution in [1.82, 2.24) is 0 Å². The van der Waals surface area contributed by atoms with Crippen LogP contribution in [0.25, 0.3) is 0 Å². The molecule has 0 aliphatic heterocycles. The zero-order valence-electron chi connectivity index (χ0n) is 4.63. The first-order valence-electron chi connectivity index (χ1n) is 2.48. The van der Waals surface area contributed by atoms with Crippen molar-refractivity contribution in [2.75, 3.05) is 0 Å². The molecule has 0 unspecified atom stereocenters. The van der Waals surface area contributed by atoms with Crippen LogP contribution in [0.5, 0.6) is 0 Å². The van der Waals surface area contributed by atoms with Crippen molar-refractivity contribution >= 4 is 15.9 Å². The molecule has 0 aromatic heterocycles. The first-order valence-corrected chi connectivity index (χ1v) is 3.28. The van der Waals surface area contributed by atoms with E-state index in [2.05, 4.69) is 15.9 Å². The second kappa shape index (κ2) is 2.65. The maximum atomic E-state index is 8.07. The van der Waals surface area contributed by atoms with E-state index >= 15 is 0 Å². The summed E-state index contributed by atoms with van der Waals surface area (Å²) in [4.78, 5) is 0. The molecule has 0 saturated carbocycles. The van der Waals surface area contributed by atoms with Crippen LogP contribution in [0.15, 0.2) is 34.4 Å². The van der Waals surface area contributed by atoms with Crippen LogP contribution in [0.2, 0.25) is 0 Å². The number of hydrogen-bond donors (Lipinski definition) is 0. The normalized spacial score (nSPS) is 20.0. The minimum absolute atomic E-state index is 1.13. The third-order valence-electron chi connectivity index (χ3n) is 0.921. The molecule has 1 aliphatic rings. The average Bonchev–Trinajstić information content (AvgIpc) is 2.48. The van der Waals surface area contributed by atoms with Crippen LogP contribution in [-0.4, -0.2) is 0 Å². The fourth-order valence-electron chi connectivity index (χ4n) is 0.423. The summed E-state index contributed by atoms with van der Waals surface area (Å²) in [5, 5.41) is 8.07. The summed E-state index contributed by atoms with van der Waals surface area (Å²) in [6.45, 7) is 0. The Morgan fingerprint density at radius 1 is 1.67 bits per heavy atom. The van der Waals surface area contributed by atoms with Crippen LogP contribution >= 0.6 is 15.9 Å². The number of halogens is 1. The monoisotopic (exact) mass is 181 g/mol. The maximum Gasteiger partial charge on any atom is 0.0912 e. The molecule has 0 aromatic carbocycles. The van der Waals surface area contributed by atoms with Crippen molar-refractivity contribution < 1.29 is 0 Å². The Morgan fingerprint density at radius 3 is 2.78 bits per heavy atom. The van der Waals surface area contributed by atoms with E-state index < -0.39 is 0 Å². The van der Waals surface area contributed by atoms with Gasteiger partial charge in [-0.1, -0.05) is 28.1 Å². The van der Waals surface area contributed by atoms with E-state index in [0.29, 0.717) is 0 Å². The quantitative estimate of drug-likeness (QED) is 0.570. The molecule has 1 aliphatic carbocycles. The van der Waals surface area contributed by atoms with Crippen LogP contribution in [-0.2, 0) is 0 Å². The minimum atomic E-state index is 1.13. The van der Waals surface area contributed by atoms with Crippen LogP contribution in [0.1, 0.15) is 0 Å². The molecular formula is C7H4BrN. The lowest BCUT2D eigenvalue weighted by molar-refractivity contribution is 1.53. The predicted octanol–water partition coefficient (Wildman–Crippen LogP) is 2.28. The zero-order valence-corrected chi connectivity index (χ0v) is 6.22. The molecule has 0 fully saturated rings. The molecule has 0 atom stereocenters. The maximum absolute atomic E-state index is 8.07. The number of allylic oxidation sites excluding steroid dienone is 6. The van der Waals surface area contributed by atoms with E-state index in [9.17, 15) is 0 Å². The fourth-order valence-corrected chi connectivity index (χ4v) is 0.802. The highest BCUT2D eigenvalue weighted by Crippen LogP contribution is 2.32. The van der Waals surface area contributed by atoms with E-state index in [0.717, 1.165) is 4.48 Å². The topological polar surface area (TPSA) is 23.8 Å². The molecule has 0 amide bonds. The third kappa shape index (κ3) is 1.87. The highest BCUT2D eigenvalue weighted by atomic mass is 79.9. The van der Waals surface area contributed by atoms with Gasteiger partial charge in [-0.25, -0.2) is 0 Å². The summed E-state index contributed by atoms with van der Waals surface area (Å²) < 4.78 is 1.13. The first-order chi connectivity index (χ1) is 4.34. The summed E-state index contributed by atoms with van der Waals surface area (Å²) in [6, 6.07) is 1.90. The van der Waals surface area contributed by atoms with E-state index in [-0.39, 0.29) is 0 Å². The highest BCUT2D eigenvalue weighted by molar-refractivity contribution is 9.12. The minimum Gasteiger partial charge on any atom is -0.193 e. The van der Waals surface area contributed by atoms with Crippen molar-refractivity contribution in [3.8, 4) is 6.07 Å². The number of nitriles is 1. The molecule has 9 heavy (non-hydrogen) atoms. The SMILES string of the molecule is N#CC=CC=C1C=C1Br. The van der Waals surface area contributed by atoms with E-state index in [4.69, 9.17) is 5.26 Å². The van der Waals surface area contributed by atoms with Gasteiger partial charge < -0.3 is 0 Å². The molecule has 1 nitrogen and oxygen atoms in total. The third-order valence-corrected chi connectivity index (χ3v) is 1.61. The summed E-state index contributed by atoms with van der Waals surface area (Å²) >= 11 is 3.28. The van der Waals surface area contributed by atoms with Crippen LogP contribution in [0, 0.1) is 11.3 Å². The Bertz CT molecular complexity index is 240. The van der Waals surface area contributed by atoms with Gasteiger partial charge in [-0.15, -0.1) is 0 Å². The van der Waals surface area contributed by atoms with Gasteiger partial charge in [0.15, 0.2) is 0 Å². The predicted molar refractivity (Wildman–Crippen MR) is 39.8 cm³/mol. The molecule has 0 saturated heterocycles. The van der Waals surface area contributed by atoms with Gasteiger partial charge in [-0.3, -0.25) is 0 Å². The lowest BCUT2D eigenvalue weighted by atomic mass is 10.4. The number of nitrogens with zero attached hydrogens (tertiary/aromatic N) is 1. The van der Waals surface area contributed by atoms with Crippen molar-refractivity contribution in [2.45, 2.75) is 0 Å². The second-order valence-corrected chi connectivity index (χ2v) is 2.46. The van der Waals surface area contributed by atoms with E-state index in [1.54, 1.807) is 6.08 Å². The number of hydrogen-bond acceptors (Lipinski definition) is 1. The molecule has 2 heteroatoms. The Hall–Kier alpha value is -0.810. The van der Waals surface area contributed by atoms with Gasteiger partial charge in [0.1, 0.15) is 0 Å². The van der Waals surface area contributed by atoms with Gasteiger partial charge >= 0.3 is 0 Å². The zero-order chi connectivity index (χ0) is 6.69. The molecule has 0 radical (unpaired) electrons. The summed E-state index contributed by atoms with van der Waals surface area (Å²) in [5.41, 5.74) is 1.17. The van der Waals surface area contributed by atoms with Crippen molar-refractivity contribution in [3.63, 3.8) is 0 Å². The Morgan fingerprint density at radius 2 is 2.33 bits per heavy atom. The smallest absolute Gasteiger partial charge is 0.0912 e. The van der Waals surface area contributed by atoms with Crippen molar-refractivity contribution in [1.29, 1.82) is 5.26 Å². The van der Waals surface area contributed by atoms with Gasteiger partial charge in [0.05, 0.1) is 6.07 Å². The van der Waals surface area contributed by atoms with E-state index in [1.807, 2.05) is 18.2 Å². The lowest BCUT2D eigenvalue weighted by Gasteiger charge is -1.68. The first kappa shape index (κ1) is 6.31. The molecule has 0 heterocycles. The largest absolute Gasteiger partial charge is 0.193 e. The summed E-state index contributed by atoms with van der Waals surface area (Å²) in [5.74, 6) is 0. The van der Waals surface area contributed by atoms with Crippen LogP contribution < -0.4 is 0 Å². The summed E-state index contributed by atoms with van der Waals surface area (Å²) in [6.07, 6.45) is 7.04. The molecular weight excluding hydrogens is 178 g/mol. The lowest BCUT2D eigenvalue weighted by Crippen LogP contribution is -1.50. The van der Waals surface area contributed by atoms with Crippen LogP contribution in [0.4, 0.5) is 0 Å². The molecule has 0 spiro atoms. The average molecular weight is 182 g/mol. The van der Waals surface area contributed by atoms with Gasteiger partial charge in [0.25, 0.3) is 0 Å². The Balaban J connectivity index is 2.39. The van der Waals surface area contributed by atoms with Gasteiger partial charge in [-0.05, 0) is 11.6 Å². The Kier molecular flexibility index (Phi) is 1.86. The van der Waals surface area contributed by atoms with E-state index in [1.165, 1.54) is 11.6 Å². The molecule has 44 valence electrons. The van der Waals surface area contributed by atoms with Crippen molar-refractivity contribution in [2.24, 2.45) is 0 Å². The second-order valence-electron chi connectivity index (χ2n) is 1.60. The van der Waals surface area contributed by atoms with Gasteiger partial charge in [0, 0.05) is 10.6 Å². The highest BCUT2D eigenvalue weighted by Gasteiger charge is 2.09. The Labute approximate surface area is 62.1 Å². The number of rotatable bonds is 1. The molecule has 0 aromatic rings. The van der Waals surface area contributed by atoms with Gasteiger partial charge in [-0.2, -0.15) is 5.26 Å². The van der Waals surface area contributed by atoms with Gasteiger partial charge in [0.2, 0.25) is 0 Å². The molecule has 1 rings (SSSR count). The fraction of sp³-hybridized carbons (Fsp3) is 0. The standard InChI is InChI=1S/C7H4BrN/c8-7-5-6(7)3-1-2-4-9/h1-3,5H. The molecule has 0 bridgehead atoms. The van der Waals surface area contributed by atoms with Crippen molar-refractivity contribution in [3.05, 3.63) is 34.4 Å².